The normalized spacial score (nSPS) is 10.8. The Morgan fingerprint density at radius 3 is 2.67 bits per heavy atom. The minimum Gasteiger partial charge on any atom is -0.462 e. The predicted octanol–water partition coefficient (Wildman–Crippen LogP) is 4.31. The van der Waals surface area contributed by atoms with E-state index in [1.807, 2.05) is 19.1 Å². The van der Waals surface area contributed by atoms with Crippen molar-refractivity contribution in [3.8, 4) is 0 Å². The highest BCUT2D eigenvalue weighted by atomic mass is 35.5. The lowest BCUT2D eigenvalue weighted by Crippen LogP contribution is -2.07. The number of carbonyl (C=O) groups excluding carboxylic acids is 2. The Morgan fingerprint density at radius 1 is 1.17 bits per heavy atom. The summed E-state index contributed by atoms with van der Waals surface area (Å²) < 4.78 is 6.78. The molecular weight excluding hydrogens is 326 g/mol. The van der Waals surface area contributed by atoms with Crippen LogP contribution in [0.15, 0.2) is 48.7 Å². The molecule has 122 valence electrons. The Balaban J connectivity index is 2.20. The highest BCUT2D eigenvalue weighted by Crippen LogP contribution is 2.26. The Bertz CT molecular complexity index is 923. The molecule has 5 heteroatoms. The molecule has 0 spiro atoms. The molecule has 0 unspecified atom stereocenters. The lowest BCUT2D eigenvalue weighted by atomic mass is 10.0. The van der Waals surface area contributed by atoms with E-state index in [0.717, 1.165) is 5.56 Å². The second-order valence-electron chi connectivity index (χ2n) is 5.38. The first-order valence-corrected chi connectivity index (χ1v) is 7.99. The van der Waals surface area contributed by atoms with Gasteiger partial charge in [-0.15, -0.1) is 0 Å². The standard InChI is InChI=1S/C19H16ClNO3/c1-3-24-19(23)13-11-16(21-10-5-4-9-15(13)21)18(22)17-12(2)7-6-8-14(17)20/h4-11H,3H2,1-2H3. The zero-order valence-corrected chi connectivity index (χ0v) is 14.1. The van der Waals surface area contributed by atoms with E-state index in [9.17, 15) is 9.59 Å². The van der Waals surface area contributed by atoms with Crippen molar-refractivity contribution < 1.29 is 14.3 Å². The fourth-order valence-corrected chi connectivity index (χ4v) is 3.06. The van der Waals surface area contributed by atoms with Gasteiger partial charge in [-0.25, -0.2) is 4.79 Å². The van der Waals surface area contributed by atoms with Gasteiger partial charge in [-0.2, -0.15) is 0 Å². The number of pyridine rings is 1. The van der Waals surface area contributed by atoms with Crippen LogP contribution in [-0.4, -0.2) is 22.8 Å². The minimum absolute atomic E-state index is 0.227. The van der Waals surface area contributed by atoms with Gasteiger partial charge in [0.2, 0.25) is 5.78 Å². The summed E-state index contributed by atoms with van der Waals surface area (Å²) in [6.45, 7) is 3.85. The van der Waals surface area contributed by atoms with Crippen LogP contribution in [0.1, 0.15) is 38.9 Å². The first-order chi connectivity index (χ1) is 11.5. The molecule has 0 saturated carbocycles. The van der Waals surface area contributed by atoms with Gasteiger partial charge in [-0.3, -0.25) is 4.79 Å². The zero-order valence-electron chi connectivity index (χ0n) is 13.4. The summed E-state index contributed by atoms with van der Waals surface area (Å²) in [6, 6.07) is 12.3. The average Bonchev–Trinajstić information content (AvgIpc) is 2.94. The zero-order chi connectivity index (χ0) is 17.3. The third-order valence-corrected chi connectivity index (χ3v) is 4.17. The molecular formula is C19H16ClNO3. The molecule has 0 aliphatic rings. The van der Waals surface area contributed by atoms with E-state index in [1.54, 1.807) is 47.9 Å². The van der Waals surface area contributed by atoms with Crippen molar-refractivity contribution in [2.75, 3.05) is 6.61 Å². The lowest BCUT2D eigenvalue weighted by Gasteiger charge is -2.07. The fraction of sp³-hybridized carbons (Fsp3) is 0.158. The van der Waals surface area contributed by atoms with Gasteiger partial charge in [-0.1, -0.05) is 29.8 Å². The number of benzene rings is 1. The summed E-state index contributed by atoms with van der Waals surface area (Å²) >= 11 is 6.22. The van der Waals surface area contributed by atoms with E-state index in [4.69, 9.17) is 16.3 Å². The highest BCUT2D eigenvalue weighted by Gasteiger charge is 2.23. The summed E-state index contributed by atoms with van der Waals surface area (Å²) in [5, 5.41) is 0.392. The van der Waals surface area contributed by atoms with E-state index in [-0.39, 0.29) is 12.4 Å². The molecule has 2 heterocycles. The van der Waals surface area contributed by atoms with E-state index in [1.165, 1.54) is 0 Å². The summed E-state index contributed by atoms with van der Waals surface area (Å²) in [4.78, 5) is 25.2. The van der Waals surface area contributed by atoms with Gasteiger partial charge < -0.3 is 9.14 Å². The summed E-state index contributed by atoms with van der Waals surface area (Å²) in [5.74, 6) is -0.675. The van der Waals surface area contributed by atoms with Crippen molar-refractivity contribution >= 4 is 28.9 Å². The Morgan fingerprint density at radius 2 is 1.96 bits per heavy atom. The third kappa shape index (κ3) is 2.69. The monoisotopic (exact) mass is 341 g/mol. The van der Waals surface area contributed by atoms with E-state index in [2.05, 4.69) is 0 Å². The predicted molar refractivity (Wildman–Crippen MR) is 93.0 cm³/mol. The van der Waals surface area contributed by atoms with Crippen LogP contribution < -0.4 is 0 Å². The van der Waals surface area contributed by atoms with Gasteiger partial charge in [-0.05, 0) is 43.7 Å². The number of hydrogen-bond donors (Lipinski definition) is 0. The Labute approximate surface area is 144 Å². The van der Waals surface area contributed by atoms with Crippen molar-refractivity contribution in [3.63, 3.8) is 0 Å². The topological polar surface area (TPSA) is 47.8 Å². The lowest BCUT2D eigenvalue weighted by molar-refractivity contribution is 0.0529. The SMILES string of the molecule is CCOC(=O)c1cc(C(=O)c2c(C)cccc2Cl)n2ccccc12. The number of halogens is 1. The molecule has 3 aromatic rings. The van der Waals surface area contributed by atoms with Crippen molar-refractivity contribution in [1.82, 2.24) is 4.40 Å². The average molecular weight is 342 g/mol. The van der Waals surface area contributed by atoms with Gasteiger partial charge in [0.05, 0.1) is 28.4 Å². The largest absolute Gasteiger partial charge is 0.462 e. The molecule has 0 aliphatic carbocycles. The maximum atomic E-state index is 13.0. The molecule has 4 nitrogen and oxygen atoms in total. The molecule has 0 saturated heterocycles. The number of aromatic nitrogens is 1. The van der Waals surface area contributed by atoms with Crippen LogP contribution in [0.3, 0.4) is 0 Å². The third-order valence-electron chi connectivity index (χ3n) is 3.85. The van der Waals surface area contributed by atoms with Gasteiger partial charge in [0.25, 0.3) is 0 Å². The van der Waals surface area contributed by atoms with Crippen molar-refractivity contribution in [2.45, 2.75) is 13.8 Å². The summed E-state index contributed by atoms with van der Waals surface area (Å²) in [6.07, 6.45) is 1.75. The van der Waals surface area contributed by atoms with Gasteiger partial charge in [0.1, 0.15) is 0 Å². The molecule has 3 rings (SSSR count). The van der Waals surface area contributed by atoms with E-state index in [0.29, 0.717) is 27.4 Å². The first-order valence-electron chi connectivity index (χ1n) is 7.61. The van der Waals surface area contributed by atoms with Crippen LogP contribution in [-0.2, 0) is 4.74 Å². The molecule has 0 amide bonds. The molecule has 0 aliphatic heterocycles. The number of aryl methyl sites for hydroxylation is 1. The Kier molecular flexibility index (Phi) is 4.40. The number of nitrogens with zero attached hydrogens (tertiary/aromatic N) is 1. The number of ketones is 1. The molecule has 0 radical (unpaired) electrons. The van der Waals surface area contributed by atoms with Crippen LogP contribution in [0.2, 0.25) is 5.02 Å². The van der Waals surface area contributed by atoms with Crippen LogP contribution in [0.5, 0.6) is 0 Å². The Hall–Kier alpha value is -2.59. The maximum absolute atomic E-state index is 13.0. The summed E-state index contributed by atoms with van der Waals surface area (Å²) in [7, 11) is 0. The minimum atomic E-state index is -0.448. The quantitative estimate of drug-likeness (QED) is 0.525. The number of rotatable bonds is 4. The van der Waals surface area contributed by atoms with Gasteiger partial charge in [0, 0.05) is 11.8 Å². The molecule has 0 bridgehead atoms. The van der Waals surface area contributed by atoms with Gasteiger partial charge >= 0.3 is 5.97 Å². The first kappa shape index (κ1) is 16.3. The van der Waals surface area contributed by atoms with Crippen molar-refractivity contribution in [2.24, 2.45) is 0 Å². The number of fused-ring (bicyclic) bond motifs is 1. The van der Waals surface area contributed by atoms with Crippen LogP contribution in [0.25, 0.3) is 5.52 Å². The number of carbonyl (C=O) groups is 2. The van der Waals surface area contributed by atoms with Crippen LogP contribution in [0.4, 0.5) is 0 Å². The number of ether oxygens (including phenoxy) is 1. The molecule has 0 N–H and O–H groups in total. The maximum Gasteiger partial charge on any atom is 0.340 e. The molecule has 24 heavy (non-hydrogen) atoms. The fourth-order valence-electron chi connectivity index (χ4n) is 2.75. The smallest absolute Gasteiger partial charge is 0.340 e. The van der Waals surface area contributed by atoms with Crippen molar-refractivity contribution in [1.29, 1.82) is 0 Å². The molecule has 2 aromatic heterocycles. The van der Waals surface area contributed by atoms with E-state index < -0.39 is 5.97 Å². The molecule has 0 fully saturated rings. The molecule has 1 aromatic carbocycles. The number of hydrogen-bond acceptors (Lipinski definition) is 3. The second-order valence-corrected chi connectivity index (χ2v) is 5.79. The van der Waals surface area contributed by atoms with Crippen molar-refractivity contribution in [3.05, 3.63) is 76.1 Å². The second kappa shape index (κ2) is 6.49. The summed E-state index contributed by atoms with van der Waals surface area (Å²) in [5.41, 5.74) is 2.60. The highest BCUT2D eigenvalue weighted by molar-refractivity contribution is 6.35. The van der Waals surface area contributed by atoms with Crippen LogP contribution >= 0.6 is 11.6 Å². The molecule has 0 atom stereocenters. The van der Waals surface area contributed by atoms with Gasteiger partial charge in [0.15, 0.2) is 0 Å². The van der Waals surface area contributed by atoms with E-state index >= 15 is 0 Å². The number of esters is 1. The van der Waals surface area contributed by atoms with Crippen LogP contribution in [0, 0.1) is 6.92 Å².